The molecule has 1 heterocycles. The summed E-state index contributed by atoms with van der Waals surface area (Å²) in [5.41, 5.74) is 1.33. The third-order valence-electron chi connectivity index (χ3n) is 11.6. The van der Waals surface area contributed by atoms with Gasteiger partial charge in [-0.2, -0.15) is 0 Å². The number of hydrogen-bond donors (Lipinski definition) is 0. The van der Waals surface area contributed by atoms with Gasteiger partial charge in [0.25, 0.3) is 0 Å². The van der Waals surface area contributed by atoms with Crippen molar-refractivity contribution >= 4 is 17.5 Å². The van der Waals surface area contributed by atoms with Crippen LogP contribution in [0.15, 0.2) is 243 Å². The molecule has 1 aliphatic rings. The van der Waals surface area contributed by atoms with E-state index in [0.717, 1.165) is 44.5 Å². The number of thiocarbonyl (C=S) groups is 1. The lowest BCUT2D eigenvalue weighted by Crippen LogP contribution is -2.58. The van der Waals surface area contributed by atoms with Crippen molar-refractivity contribution in [2.45, 2.75) is 22.4 Å². The van der Waals surface area contributed by atoms with Crippen molar-refractivity contribution in [2.75, 3.05) is 13.2 Å². The topological polar surface area (TPSA) is 36.9 Å². The van der Waals surface area contributed by atoms with E-state index in [2.05, 4.69) is 96.5 Å². The maximum atomic E-state index is 7.61. The van der Waals surface area contributed by atoms with Gasteiger partial charge < -0.3 is 18.9 Å². The van der Waals surface area contributed by atoms with Gasteiger partial charge in [0, 0.05) is 23.3 Å². The van der Waals surface area contributed by atoms with Gasteiger partial charge in [0.1, 0.15) is 24.4 Å². The molecule has 0 N–H and O–H groups in total. The van der Waals surface area contributed by atoms with Crippen LogP contribution in [0.3, 0.4) is 0 Å². The van der Waals surface area contributed by atoms with Gasteiger partial charge in [-0.05, 0) is 69.5 Å². The van der Waals surface area contributed by atoms with Crippen LogP contribution in [-0.2, 0) is 30.1 Å². The summed E-state index contributed by atoms with van der Waals surface area (Å²) < 4.78 is 29.0. The highest BCUT2D eigenvalue weighted by atomic mass is 32.1. The summed E-state index contributed by atoms with van der Waals surface area (Å²) >= 11 is 5.96. The van der Waals surface area contributed by atoms with E-state index in [-0.39, 0.29) is 18.5 Å². The lowest BCUT2D eigenvalue weighted by atomic mass is 9.78. The van der Waals surface area contributed by atoms with Crippen molar-refractivity contribution in [3.05, 3.63) is 287 Å². The highest BCUT2D eigenvalue weighted by Crippen LogP contribution is 2.47. The van der Waals surface area contributed by atoms with Crippen LogP contribution in [0.5, 0.6) is 0 Å². The first kappa shape index (κ1) is 41.8. The molecule has 0 aliphatic carbocycles. The van der Waals surface area contributed by atoms with E-state index in [0.29, 0.717) is 0 Å². The van der Waals surface area contributed by atoms with E-state index in [9.17, 15) is 0 Å². The molecule has 4 nitrogen and oxygen atoms in total. The smallest absolute Gasteiger partial charge is 0.355 e. The fourth-order valence-corrected chi connectivity index (χ4v) is 8.72. The van der Waals surface area contributed by atoms with Gasteiger partial charge in [-0.15, -0.1) is 0 Å². The van der Waals surface area contributed by atoms with Gasteiger partial charge in [0.05, 0.1) is 0 Å². The Bertz CT molecular complexity index is 2500. The minimum absolute atomic E-state index is 0.119. The van der Waals surface area contributed by atoms with Gasteiger partial charge >= 0.3 is 5.24 Å². The molecule has 5 heteroatoms. The Balaban J connectivity index is 1.29. The van der Waals surface area contributed by atoms with Crippen LogP contribution in [0.25, 0.3) is 0 Å². The summed E-state index contributed by atoms with van der Waals surface area (Å²) in [4.78, 5) is 0. The molecule has 0 saturated carbocycles. The van der Waals surface area contributed by atoms with Gasteiger partial charge in [-0.1, -0.05) is 230 Å². The second kappa shape index (κ2) is 18.9. The summed E-state index contributed by atoms with van der Waals surface area (Å²) in [6.45, 7) is -0.318. The van der Waals surface area contributed by atoms with Crippen molar-refractivity contribution < 1.29 is 18.9 Å². The first-order chi connectivity index (χ1) is 31.6. The maximum Gasteiger partial charge on any atom is 0.355 e. The molecule has 9 rings (SSSR count). The summed E-state index contributed by atoms with van der Waals surface area (Å²) in [5.74, 6) is 14.0. The van der Waals surface area contributed by atoms with Gasteiger partial charge in [0.15, 0.2) is 0 Å². The lowest BCUT2D eigenvalue weighted by molar-refractivity contribution is -0.119. The third kappa shape index (κ3) is 8.25. The summed E-state index contributed by atoms with van der Waals surface area (Å²) in [5, 5.41) is -0.119. The minimum Gasteiger partial charge on any atom is -0.429 e. The zero-order valence-electron chi connectivity index (χ0n) is 35.0. The van der Waals surface area contributed by atoms with Crippen molar-refractivity contribution in [2.24, 2.45) is 0 Å². The fraction of sp³-hybridized carbons (Fsp3) is 0.102. The van der Waals surface area contributed by atoms with E-state index in [1.165, 1.54) is 0 Å². The maximum absolute atomic E-state index is 7.61. The molecule has 0 aromatic heterocycles. The molecule has 2 atom stereocenters. The Morgan fingerprint density at radius 2 is 0.562 bits per heavy atom. The minimum atomic E-state index is -1.68. The predicted molar refractivity (Wildman–Crippen MR) is 257 cm³/mol. The van der Waals surface area contributed by atoms with E-state index in [1.54, 1.807) is 0 Å². The van der Waals surface area contributed by atoms with Gasteiger partial charge in [-0.25, -0.2) is 0 Å². The van der Waals surface area contributed by atoms with Crippen LogP contribution in [0, 0.1) is 23.7 Å². The van der Waals surface area contributed by atoms with Crippen LogP contribution in [0.2, 0.25) is 0 Å². The summed E-state index contributed by atoms with van der Waals surface area (Å²) in [7, 11) is 0. The van der Waals surface area contributed by atoms with E-state index in [1.807, 2.05) is 170 Å². The van der Waals surface area contributed by atoms with Crippen LogP contribution < -0.4 is 0 Å². The monoisotopic (exact) mass is 848 g/mol. The third-order valence-corrected chi connectivity index (χ3v) is 11.8. The van der Waals surface area contributed by atoms with E-state index >= 15 is 0 Å². The Morgan fingerprint density at radius 1 is 0.344 bits per heavy atom. The molecule has 1 saturated heterocycles. The first-order valence-corrected chi connectivity index (χ1v) is 21.7. The second-order valence-corrected chi connectivity index (χ2v) is 15.8. The number of benzene rings is 8. The predicted octanol–water partition coefficient (Wildman–Crippen LogP) is 11.9. The molecule has 8 aromatic rings. The SMILES string of the molecule is S=C1O[C@](C#Cc2ccccc2)(COC(c2ccccc2)(c2ccccc2)c2ccccc2)[C@](C#Cc2ccccc2)(COC(c2ccccc2)(c2ccccc2)c2ccccc2)O1. The molecule has 0 bridgehead atoms. The second-order valence-electron chi connectivity index (χ2n) is 15.5. The summed E-state index contributed by atoms with van der Waals surface area (Å²) in [6, 6.07) is 80.8. The largest absolute Gasteiger partial charge is 0.429 e. The van der Waals surface area contributed by atoms with E-state index < -0.39 is 22.4 Å². The number of hydrogen-bond acceptors (Lipinski definition) is 5. The standard InChI is InChI=1S/C59H44O4S/c64-55-62-56(43-41-47-25-9-1-10-26-47,45-60-58(49-29-13-3-14-30-49,50-31-15-4-16-32-50)51-33-17-5-18-34-51)57(63-55,44-42-48-27-11-2-12-28-48)46-61-59(52-35-19-6-20-36-52,53-37-21-7-22-38-53)54-39-23-8-24-40-54/h1-40H,45-46H2/t56-,57+. The van der Waals surface area contributed by atoms with Crippen molar-refractivity contribution in [3.63, 3.8) is 0 Å². The Labute approximate surface area is 381 Å². The average molecular weight is 849 g/mol. The van der Waals surface area contributed by atoms with E-state index in [4.69, 9.17) is 31.2 Å². The lowest BCUT2D eigenvalue weighted by Gasteiger charge is -2.42. The molecule has 0 unspecified atom stereocenters. The first-order valence-electron chi connectivity index (χ1n) is 21.2. The van der Waals surface area contributed by atoms with Crippen LogP contribution in [-0.4, -0.2) is 29.7 Å². The molecule has 64 heavy (non-hydrogen) atoms. The van der Waals surface area contributed by atoms with Gasteiger partial charge in [-0.3, -0.25) is 0 Å². The highest BCUT2D eigenvalue weighted by Gasteiger charge is 2.64. The Hall–Kier alpha value is -7.51. The van der Waals surface area contributed by atoms with Crippen LogP contribution in [0.1, 0.15) is 44.5 Å². The number of rotatable bonds is 12. The Kier molecular flexibility index (Phi) is 12.3. The zero-order chi connectivity index (χ0) is 43.6. The van der Waals surface area contributed by atoms with Gasteiger partial charge in [0.2, 0.25) is 11.2 Å². The van der Waals surface area contributed by atoms with Crippen LogP contribution in [0.4, 0.5) is 0 Å². The zero-order valence-corrected chi connectivity index (χ0v) is 35.9. The molecule has 310 valence electrons. The molecular formula is C59H44O4S. The molecule has 8 aromatic carbocycles. The molecular weight excluding hydrogens is 805 g/mol. The average Bonchev–Trinajstić information content (AvgIpc) is 3.66. The van der Waals surface area contributed by atoms with Crippen molar-refractivity contribution in [3.8, 4) is 23.7 Å². The Morgan fingerprint density at radius 3 is 0.797 bits per heavy atom. The normalized spacial score (nSPS) is 16.8. The fourth-order valence-electron chi connectivity index (χ4n) is 8.43. The molecule has 0 radical (unpaired) electrons. The number of ether oxygens (including phenoxy) is 4. The quantitative estimate of drug-likeness (QED) is 0.0695. The van der Waals surface area contributed by atoms with Crippen molar-refractivity contribution in [1.29, 1.82) is 0 Å². The molecule has 0 spiro atoms. The van der Waals surface area contributed by atoms with Crippen molar-refractivity contribution in [1.82, 2.24) is 0 Å². The molecule has 1 fully saturated rings. The summed E-state index contributed by atoms with van der Waals surface area (Å²) in [6.07, 6.45) is 0. The highest BCUT2D eigenvalue weighted by molar-refractivity contribution is 7.79. The molecule has 1 aliphatic heterocycles. The van der Waals surface area contributed by atoms with Crippen LogP contribution >= 0.6 is 12.2 Å². The molecule has 0 amide bonds.